The van der Waals surface area contributed by atoms with Crippen LogP contribution in [-0.4, -0.2) is 33.7 Å². The molecule has 0 aliphatic carbocycles. The molecule has 0 saturated heterocycles. The first-order valence-electron chi connectivity index (χ1n) is 13.2. The van der Waals surface area contributed by atoms with E-state index in [-0.39, 0.29) is 22.1 Å². The van der Waals surface area contributed by atoms with Crippen molar-refractivity contribution < 1.29 is 18.1 Å². The second kappa shape index (κ2) is 11.6. The SMILES string of the molecule is CC(C)C(NS(=O)(=O)c1ccc([N+](=O)[O-])cc1)C(Oc1ccc2c(cnn2-c2ccc(=O)n(C)c2)c1)c1ccccc1. The highest BCUT2D eigenvalue weighted by Gasteiger charge is 2.33. The summed E-state index contributed by atoms with van der Waals surface area (Å²) in [5, 5.41) is 16.3. The van der Waals surface area contributed by atoms with Crippen LogP contribution in [0.1, 0.15) is 25.5 Å². The topological polar surface area (TPSA) is 138 Å². The summed E-state index contributed by atoms with van der Waals surface area (Å²) in [6.45, 7) is 3.78. The minimum Gasteiger partial charge on any atom is -0.484 e. The van der Waals surface area contributed by atoms with Crippen LogP contribution in [0.15, 0.2) is 107 Å². The van der Waals surface area contributed by atoms with Crippen LogP contribution in [0.3, 0.4) is 0 Å². The maximum Gasteiger partial charge on any atom is 0.269 e. The van der Waals surface area contributed by atoms with Gasteiger partial charge in [0, 0.05) is 36.8 Å². The van der Waals surface area contributed by atoms with Gasteiger partial charge in [0.25, 0.3) is 5.69 Å². The molecule has 5 rings (SSSR count). The Morgan fingerprint density at radius 1 is 0.976 bits per heavy atom. The first kappa shape index (κ1) is 28.7. The Balaban J connectivity index is 1.48. The van der Waals surface area contributed by atoms with E-state index in [0.717, 1.165) is 34.3 Å². The summed E-state index contributed by atoms with van der Waals surface area (Å²) in [6, 6.07) is 22.0. The smallest absolute Gasteiger partial charge is 0.269 e. The average molecular weight is 588 g/mol. The molecule has 0 aliphatic rings. The minimum atomic E-state index is -4.05. The van der Waals surface area contributed by atoms with Crippen molar-refractivity contribution in [2.45, 2.75) is 30.9 Å². The van der Waals surface area contributed by atoms with Crippen molar-refractivity contribution in [3.05, 3.63) is 123 Å². The Hall–Kier alpha value is -4.81. The highest BCUT2D eigenvalue weighted by Crippen LogP contribution is 2.32. The summed E-state index contributed by atoms with van der Waals surface area (Å²) in [5.74, 6) is 0.316. The summed E-state index contributed by atoms with van der Waals surface area (Å²) >= 11 is 0. The molecule has 5 aromatic rings. The summed E-state index contributed by atoms with van der Waals surface area (Å²) in [5.41, 5.74) is 1.97. The summed E-state index contributed by atoms with van der Waals surface area (Å²) in [4.78, 5) is 22.2. The number of nitrogens with zero attached hydrogens (tertiary/aromatic N) is 4. The molecule has 0 aliphatic heterocycles. The number of hydrogen-bond acceptors (Lipinski definition) is 7. The van der Waals surface area contributed by atoms with Crippen LogP contribution in [0.5, 0.6) is 5.75 Å². The molecule has 11 nitrogen and oxygen atoms in total. The van der Waals surface area contributed by atoms with Crippen molar-refractivity contribution in [2.24, 2.45) is 13.0 Å². The lowest BCUT2D eigenvalue weighted by molar-refractivity contribution is -0.384. The quantitative estimate of drug-likeness (QED) is 0.184. The number of ether oxygens (including phenoxy) is 1. The zero-order valence-electron chi connectivity index (χ0n) is 23.1. The predicted octanol–water partition coefficient (Wildman–Crippen LogP) is 4.76. The Kier molecular flexibility index (Phi) is 7.92. The first-order chi connectivity index (χ1) is 20.0. The Morgan fingerprint density at radius 2 is 1.69 bits per heavy atom. The van der Waals surface area contributed by atoms with Crippen molar-refractivity contribution in [2.75, 3.05) is 0 Å². The second-order valence-corrected chi connectivity index (χ2v) is 11.9. The normalized spacial score (nSPS) is 13.2. The molecule has 0 bridgehead atoms. The van der Waals surface area contributed by atoms with E-state index in [1.807, 2.05) is 56.3 Å². The standard InChI is InChI=1S/C30H29N5O6S/c1-20(2)29(32-42(39,40)26-13-9-23(10-14-26)35(37)38)30(21-7-5-4-6-8-21)41-25-12-15-27-22(17-25)18-31-34(27)24-11-16-28(36)33(3)19-24/h4-20,29-30,32H,1-3H3. The number of nitro groups is 1. The number of rotatable bonds is 10. The molecule has 0 fully saturated rings. The zero-order chi connectivity index (χ0) is 30.0. The van der Waals surface area contributed by atoms with Crippen LogP contribution in [0.25, 0.3) is 16.6 Å². The molecule has 0 spiro atoms. The molecule has 0 saturated carbocycles. The van der Waals surface area contributed by atoms with Crippen molar-refractivity contribution in [1.29, 1.82) is 0 Å². The molecule has 12 heteroatoms. The van der Waals surface area contributed by atoms with Crippen molar-refractivity contribution >= 4 is 26.6 Å². The number of fused-ring (bicyclic) bond motifs is 1. The minimum absolute atomic E-state index is 0.0854. The number of aromatic nitrogens is 3. The van der Waals surface area contributed by atoms with Crippen LogP contribution >= 0.6 is 0 Å². The van der Waals surface area contributed by atoms with E-state index >= 15 is 0 Å². The summed E-state index contributed by atoms with van der Waals surface area (Å²) in [7, 11) is -2.38. The lowest BCUT2D eigenvalue weighted by Crippen LogP contribution is -2.44. The first-order valence-corrected chi connectivity index (χ1v) is 14.6. The van der Waals surface area contributed by atoms with Gasteiger partial charge in [-0.05, 0) is 47.9 Å². The number of aryl methyl sites for hydroxylation is 1. The van der Waals surface area contributed by atoms with Gasteiger partial charge in [0.15, 0.2) is 0 Å². The van der Waals surface area contributed by atoms with Gasteiger partial charge in [0.05, 0.1) is 33.3 Å². The summed E-state index contributed by atoms with van der Waals surface area (Å²) < 4.78 is 39.3. The maximum atomic E-state index is 13.4. The van der Waals surface area contributed by atoms with E-state index in [1.54, 1.807) is 36.3 Å². The fourth-order valence-electron chi connectivity index (χ4n) is 4.67. The van der Waals surface area contributed by atoms with Crippen LogP contribution in [0.4, 0.5) is 5.69 Å². The Bertz CT molecular complexity index is 1900. The average Bonchev–Trinajstić information content (AvgIpc) is 3.40. The van der Waals surface area contributed by atoms with E-state index in [2.05, 4.69) is 9.82 Å². The fraction of sp³-hybridized carbons (Fsp3) is 0.200. The monoisotopic (exact) mass is 587 g/mol. The van der Waals surface area contributed by atoms with E-state index in [4.69, 9.17) is 4.74 Å². The fourth-order valence-corrected chi connectivity index (χ4v) is 6.06. The van der Waals surface area contributed by atoms with Gasteiger partial charge in [0.1, 0.15) is 11.9 Å². The molecule has 42 heavy (non-hydrogen) atoms. The maximum absolute atomic E-state index is 13.4. The molecule has 2 aromatic heterocycles. The molecular weight excluding hydrogens is 558 g/mol. The number of nitrogens with one attached hydrogen (secondary N) is 1. The molecule has 3 aromatic carbocycles. The zero-order valence-corrected chi connectivity index (χ0v) is 23.9. The summed E-state index contributed by atoms with van der Waals surface area (Å²) in [6.07, 6.45) is 2.69. The van der Waals surface area contributed by atoms with Crippen LogP contribution in [0.2, 0.25) is 0 Å². The Labute approximate surface area is 242 Å². The number of sulfonamides is 1. The highest BCUT2D eigenvalue weighted by atomic mass is 32.2. The molecular formula is C30H29N5O6S. The number of benzene rings is 3. The highest BCUT2D eigenvalue weighted by molar-refractivity contribution is 7.89. The molecule has 0 radical (unpaired) electrons. The van der Waals surface area contributed by atoms with Gasteiger partial charge in [-0.2, -0.15) is 5.10 Å². The molecule has 216 valence electrons. The number of hydrogen-bond donors (Lipinski definition) is 1. The van der Waals surface area contributed by atoms with E-state index < -0.39 is 27.1 Å². The number of non-ortho nitro benzene ring substituents is 1. The van der Waals surface area contributed by atoms with Crippen LogP contribution < -0.4 is 15.0 Å². The van der Waals surface area contributed by atoms with E-state index in [1.165, 1.54) is 22.8 Å². The van der Waals surface area contributed by atoms with Gasteiger partial charge < -0.3 is 9.30 Å². The van der Waals surface area contributed by atoms with E-state index in [9.17, 15) is 23.3 Å². The third-order valence-corrected chi connectivity index (χ3v) is 8.41. The molecule has 2 unspecified atom stereocenters. The lowest BCUT2D eigenvalue weighted by Gasteiger charge is -2.31. The van der Waals surface area contributed by atoms with Gasteiger partial charge in [-0.3, -0.25) is 14.9 Å². The van der Waals surface area contributed by atoms with Gasteiger partial charge in [-0.15, -0.1) is 0 Å². The largest absolute Gasteiger partial charge is 0.484 e. The number of pyridine rings is 1. The van der Waals surface area contributed by atoms with Gasteiger partial charge in [-0.1, -0.05) is 44.2 Å². The van der Waals surface area contributed by atoms with Crippen molar-refractivity contribution in [3.63, 3.8) is 0 Å². The predicted molar refractivity (Wildman–Crippen MR) is 158 cm³/mol. The second-order valence-electron chi connectivity index (χ2n) is 10.2. The third kappa shape index (κ3) is 5.94. The molecule has 2 heterocycles. The number of nitro benzene ring substituents is 1. The van der Waals surface area contributed by atoms with Crippen LogP contribution in [-0.2, 0) is 17.1 Å². The third-order valence-electron chi connectivity index (χ3n) is 6.94. The van der Waals surface area contributed by atoms with Crippen molar-refractivity contribution in [3.8, 4) is 11.4 Å². The molecule has 1 N–H and O–H groups in total. The lowest BCUT2D eigenvalue weighted by atomic mass is 9.94. The van der Waals surface area contributed by atoms with Crippen molar-refractivity contribution in [1.82, 2.24) is 19.1 Å². The van der Waals surface area contributed by atoms with Gasteiger partial charge >= 0.3 is 0 Å². The van der Waals surface area contributed by atoms with Gasteiger partial charge in [-0.25, -0.2) is 17.8 Å². The van der Waals surface area contributed by atoms with Gasteiger partial charge in [0.2, 0.25) is 15.6 Å². The van der Waals surface area contributed by atoms with Crippen LogP contribution in [0, 0.1) is 16.0 Å². The Morgan fingerprint density at radius 3 is 2.33 bits per heavy atom. The molecule has 2 atom stereocenters. The molecule has 0 amide bonds. The van der Waals surface area contributed by atoms with E-state index in [0.29, 0.717) is 5.75 Å².